The molecule has 7 rings (SSSR count). The zero-order valence-electron chi connectivity index (χ0n) is 24.6. The van der Waals surface area contributed by atoms with Crippen LogP contribution in [0.2, 0.25) is 0 Å². The monoisotopic (exact) mass is 587 g/mol. The first-order valence-corrected chi connectivity index (χ1v) is 16.3. The molecule has 5 heteroatoms. The van der Waals surface area contributed by atoms with Gasteiger partial charge in [0.25, 0.3) is 0 Å². The number of anilines is 3. The molecule has 0 spiro atoms. The molecule has 0 atom stereocenters. The maximum absolute atomic E-state index is 15.1. The lowest BCUT2D eigenvalue weighted by Gasteiger charge is -2.42. The standard InChI is InChI=1S/C39H30N3OP/c1-39(2)34-18-10-12-20-37(34)42(38-21-13-11-19-35(38)39)30-25-28(24-29(26-30)40-3)36-27-33(22-23-41-36)44(43,31-14-6-4-7-15-31)32-16-8-5-9-17-32/h4-27H,1-2H3. The van der Waals surface area contributed by atoms with Crippen LogP contribution in [0.4, 0.5) is 22.7 Å². The Hall–Kier alpha value is -5.23. The van der Waals surface area contributed by atoms with E-state index in [1.807, 2.05) is 84.9 Å². The smallest absolute Gasteiger partial charge is 0.189 e. The van der Waals surface area contributed by atoms with Crippen LogP contribution in [-0.4, -0.2) is 4.98 Å². The van der Waals surface area contributed by atoms with Crippen molar-refractivity contribution >= 4 is 45.8 Å². The Bertz CT molecular complexity index is 2010. The van der Waals surface area contributed by atoms with Gasteiger partial charge in [-0.05, 0) is 59.2 Å². The summed E-state index contributed by atoms with van der Waals surface area (Å²) in [4.78, 5) is 10.8. The Balaban J connectivity index is 1.41. The van der Waals surface area contributed by atoms with Crippen molar-refractivity contribution in [2.24, 2.45) is 0 Å². The van der Waals surface area contributed by atoms with Gasteiger partial charge in [-0.3, -0.25) is 4.98 Å². The minimum absolute atomic E-state index is 0.185. The molecular weight excluding hydrogens is 557 g/mol. The Kier molecular flexibility index (Phi) is 6.77. The van der Waals surface area contributed by atoms with Crippen LogP contribution >= 0.6 is 7.14 Å². The lowest BCUT2D eigenvalue weighted by Crippen LogP contribution is -2.30. The highest BCUT2D eigenvalue weighted by Crippen LogP contribution is 2.52. The van der Waals surface area contributed by atoms with Gasteiger partial charge in [0.1, 0.15) is 0 Å². The van der Waals surface area contributed by atoms with E-state index in [-0.39, 0.29) is 5.41 Å². The van der Waals surface area contributed by atoms with Gasteiger partial charge >= 0.3 is 0 Å². The van der Waals surface area contributed by atoms with Gasteiger partial charge in [0, 0.05) is 33.2 Å². The number of benzene rings is 5. The van der Waals surface area contributed by atoms with Crippen LogP contribution in [0.5, 0.6) is 0 Å². The van der Waals surface area contributed by atoms with Gasteiger partial charge in [0.15, 0.2) is 12.8 Å². The highest BCUT2D eigenvalue weighted by atomic mass is 31.2. The molecule has 5 aromatic carbocycles. The molecule has 0 N–H and O–H groups in total. The zero-order valence-corrected chi connectivity index (χ0v) is 25.4. The third-order valence-electron chi connectivity index (χ3n) is 8.57. The fourth-order valence-electron chi connectivity index (χ4n) is 6.38. The number of aromatic nitrogens is 1. The second kappa shape index (κ2) is 10.8. The predicted molar refractivity (Wildman–Crippen MR) is 182 cm³/mol. The molecule has 0 saturated carbocycles. The predicted octanol–water partition coefficient (Wildman–Crippen LogP) is 9.05. The molecule has 0 bridgehead atoms. The van der Waals surface area contributed by atoms with Crippen molar-refractivity contribution < 1.29 is 4.57 Å². The van der Waals surface area contributed by atoms with Gasteiger partial charge in [-0.15, -0.1) is 0 Å². The maximum atomic E-state index is 15.1. The molecule has 0 aliphatic carbocycles. The van der Waals surface area contributed by atoms with Crippen LogP contribution in [0.25, 0.3) is 16.1 Å². The normalized spacial score (nSPS) is 13.4. The molecule has 0 saturated heterocycles. The van der Waals surface area contributed by atoms with E-state index in [0.29, 0.717) is 16.7 Å². The lowest BCUT2D eigenvalue weighted by atomic mass is 9.73. The summed E-state index contributed by atoms with van der Waals surface area (Å²) in [5.74, 6) is 0. The fourth-order valence-corrected chi connectivity index (χ4v) is 9.04. The van der Waals surface area contributed by atoms with Crippen molar-refractivity contribution in [3.8, 4) is 11.3 Å². The Morgan fingerprint density at radius 2 is 1.20 bits per heavy atom. The molecule has 4 nitrogen and oxygen atoms in total. The molecule has 1 aliphatic rings. The molecule has 0 amide bonds. The Labute approximate surface area is 258 Å². The van der Waals surface area contributed by atoms with Gasteiger partial charge in [-0.2, -0.15) is 0 Å². The third kappa shape index (κ3) is 4.45. The van der Waals surface area contributed by atoms with Crippen LogP contribution in [0.1, 0.15) is 25.0 Å². The molecule has 1 aromatic heterocycles. The summed E-state index contributed by atoms with van der Waals surface area (Å²) in [6, 6.07) is 45.9. The van der Waals surface area contributed by atoms with Crippen LogP contribution in [0.15, 0.2) is 146 Å². The second-order valence-corrected chi connectivity index (χ2v) is 14.3. The fraction of sp³-hybridized carbons (Fsp3) is 0.0769. The summed E-state index contributed by atoms with van der Waals surface area (Å²) in [6.07, 6.45) is 1.72. The zero-order chi connectivity index (χ0) is 30.3. The van der Waals surface area contributed by atoms with Crippen LogP contribution in [0.3, 0.4) is 0 Å². The number of hydrogen-bond donors (Lipinski definition) is 0. The minimum Gasteiger partial charge on any atom is -0.311 e. The number of rotatable bonds is 5. The summed E-state index contributed by atoms with van der Waals surface area (Å²) in [6.45, 7) is 12.5. The van der Waals surface area contributed by atoms with E-state index in [1.54, 1.807) is 6.20 Å². The van der Waals surface area contributed by atoms with Crippen molar-refractivity contribution in [1.29, 1.82) is 0 Å². The van der Waals surface area contributed by atoms with Crippen molar-refractivity contribution in [1.82, 2.24) is 4.98 Å². The molecule has 0 fully saturated rings. The SMILES string of the molecule is [C-]#[N+]c1cc(-c2cc(P(=O)(c3ccccc3)c3ccccc3)ccn2)cc(N2c3ccccc3C(C)(C)c3ccccc32)c1. The maximum Gasteiger partial charge on any atom is 0.189 e. The van der Waals surface area contributed by atoms with Crippen molar-refractivity contribution in [2.45, 2.75) is 19.3 Å². The Morgan fingerprint density at radius 3 is 1.77 bits per heavy atom. The summed E-state index contributed by atoms with van der Waals surface area (Å²) in [7, 11) is -3.19. The number of para-hydroxylation sites is 2. The van der Waals surface area contributed by atoms with E-state index >= 15 is 4.57 Å². The minimum atomic E-state index is -3.19. The molecule has 2 heterocycles. The van der Waals surface area contributed by atoms with Gasteiger partial charge in [-0.25, -0.2) is 4.85 Å². The molecule has 6 aromatic rings. The topological polar surface area (TPSA) is 37.6 Å². The molecule has 0 radical (unpaired) electrons. The van der Waals surface area contributed by atoms with Gasteiger partial charge in [0.05, 0.1) is 23.6 Å². The van der Waals surface area contributed by atoms with Crippen molar-refractivity contribution in [2.75, 3.05) is 4.90 Å². The van der Waals surface area contributed by atoms with Crippen LogP contribution in [-0.2, 0) is 9.98 Å². The lowest BCUT2D eigenvalue weighted by molar-refractivity contribution is 0.592. The average Bonchev–Trinajstić information content (AvgIpc) is 3.09. The molecule has 44 heavy (non-hydrogen) atoms. The van der Waals surface area contributed by atoms with E-state index in [2.05, 4.69) is 78.2 Å². The van der Waals surface area contributed by atoms with E-state index in [4.69, 9.17) is 11.6 Å². The second-order valence-electron chi connectivity index (χ2n) is 11.5. The van der Waals surface area contributed by atoms with E-state index in [1.165, 1.54) is 11.1 Å². The van der Waals surface area contributed by atoms with Gasteiger partial charge < -0.3 is 9.46 Å². The van der Waals surface area contributed by atoms with E-state index in [9.17, 15) is 0 Å². The average molecular weight is 588 g/mol. The molecule has 1 aliphatic heterocycles. The largest absolute Gasteiger partial charge is 0.311 e. The highest BCUT2D eigenvalue weighted by Gasteiger charge is 2.36. The number of fused-ring (bicyclic) bond motifs is 2. The first kappa shape index (κ1) is 27.6. The van der Waals surface area contributed by atoms with Gasteiger partial charge in [-0.1, -0.05) is 111 Å². The molecular formula is C39H30N3OP. The summed E-state index contributed by atoms with van der Waals surface area (Å²) in [5, 5.41) is 2.23. The van der Waals surface area contributed by atoms with Gasteiger partial charge in [0.2, 0.25) is 0 Å². The first-order valence-electron chi connectivity index (χ1n) is 14.6. The highest BCUT2D eigenvalue weighted by molar-refractivity contribution is 7.85. The summed E-state index contributed by atoms with van der Waals surface area (Å²) < 4.78 is 15.1. The third-order valence-corrected chi connectivity index (χ3v) is 11.6. The molecule has 0 unspecified atom stereocenters. The van der Waals surface area contributed by atoms with E-state index < -0.39 is 7.14 Å². The van der Waals surface area contributed by atoms with Crippen molar-refractivity contribution in [3.05, 3.63) is 168 Å². The first-order chi connectivity index (χ1) is 21.4. The number of hydrogen-bond acceptors (Lipinski definition) is 3. The molecule has 212 valence electrons. The Morgan fingerprint density at radius 1 is 0.659 bits per heavy atom. The van der Waals surface area contributed by atoms with E-state index in [0.717, 1.165) is 33.2 Å². The number of pyridine rings is 1. The van der Waals surface area contributed by atoms with Crippen molar-refractivity contribution in [3.63, 3.8) is 0 Å². The summed E-state index contributed by atoms with van der Waals surface area (Å²) >= 11 is 0. The van der Waals surface area contributed by atoms with Crippen LogP contribution in [0, 0.1) is 6.57 Å². The summed E-state index contributed by atoms with van der Waals surface area (Å²) in [5.41, 5.74) is 7.29. The van der Waals surface area contributed by atoms with Crippen LogP contribution < -0.4 is 20.8 Å². The number of nitrogens with zero attached hydrogens (tertiary/aromatic N) is 3. The quantitative estimate of drug-likeness (QED) is 0.149.